The summed E-state index contributed by atoms with van der Waals surface area (Å²) in [6, 6.07) is 9.73. The molecule has 0 spiro atoms. The van der Waals surface area contributed by atoms with Crippen LogP contribution in [0.15, 0.2) is 42.0 Å². The van der Waals surface area contributed by atoms with E-state index in [1.807, 2.05) is 30.3 Å². The van der Waals surface area contributed by atoms with E-state index in [9.17, 15) is 9.90 Å². The molecule has 2 saturated carbocycles. The second kappa shape index (κ2) is 9.44. The van der Waals surface area contributed by atoms with E-state index in [0.717, 1.165) is 63.7 Å². The molecule has 1 saturated heterocycles. The Bertz CT molecular complexity index is 695. The van der Waals surface area contributed by atoms with Crippen LogP contribution in [0, 0.1) is 5.92 Å². The van der Waals surface area contributed by atoms with E-state index in [0.29, 0.717) is 0 Å². The Balaban J connectivity index is 1.35. The molecular weight excluding hydrogens is 360 g/mol. The van der Waals surface area contributed by atoms with Gasteiger partial charge in [0.1, 0.15) is 0 Å². The van der Waals surface area contributed by atoms with Gasteiger partial charge >= 0.3 is 0 Å². The van der Waals surface area contributed by atoms with Crippen LogP contribution in [0.4, 0.5) is 0 Å². The van der Waals surface area contributed by atoms with Crippen LogP contribution in [0.1, 0.15) is 69.8 Å². The molecule has 4 rings (SSSR count). The lowest BCUT2D eigenvalue weighted by Gasteiger charge is -2.37. The van der Waals surface area contributed by atoms with E-state index in [1.165, 1.54) is 25.7 Å². The highest BCUT2D eigenvalue weighted by molar-refractivity contribution is 5.87. The summed E-state index contributed by atoms with van der Waals surface area (Å²) in [6.45, 7) is 3.08. The lowest BCUT2D eigenvalue weighted by atomic mass is 9.79. The first-order valence-electron chi connectivity index (χ1n) is 11.7. The number of rotatable bonds is 6. The van der Waals surface area contributed by atoms with Crippen molar-refractivity contribution in [3.05, 3.63) is 47.5 Å². The minimum atomic E-state index is -1.40. The lowest BCUT2D eigenvalue weighted by molar-refractivity contribution is -0.148. The van der Waals surface area contributed by atoms with Crippen molar-refractivity contribution >= 4 is 5.91 Å². The second-order valence-corrected chi connectivity index (χ2v) is 9.23. The maximum Gasteiger partial charge on any atom is 0.257 e. The SMILES string of the molecule is O=C(NC1CCN(CC=C2CCCC2)CC1)C(O)(c1ccccc1)C1CCCC1. The van der Waals surface area contributed by atoms with Gasteiger partial charge in [-0.25, -0.2) is 0 Å². The Morgan fingerprint density at radius 3 is 2.34 bits per heavy atom. The molecule has 1 aromatic carbocycles. The van der Waals surface area contributed by atoms with Crippen molar-refractivity contribution in [1.82, 2.24) is 10.2 Å². The molecule has 1 aliphatic heterocycles. The summed E-state index contributed by atoms with van der Waals surface area (Å²) in [5.74, 6) is -0.176. The number of nitrogens with zero attached hydrogens (tertiary/aromatic N) is 1. The van der Waals surface area contributed by atoms with Crippen molar-refractivity contribution in [1.29, 1.82) is 0 Å². The largest absolute Gasteiger partial charge is 0.375 e. The molecule has 4 nitrogen and oxygen atoms in total. The number of piperidine rings is 1. The molecule has 1 atom stereocenters. The third kappa shape index (κ3) is 4.75. The van der Waals surface area contributed by atoms with Gasteiger partial charge in [0.2, 0.25) is 0 Å². The maximum atomic E-state index is 13.3. The molecule has 1 heterocycles. The normalized spacial score (nSPS) is 23.8. The van der Waals surface area contributed by atoms with Crippen LogP contribution in [0.2, 0.25) is 0 Å². The lowest BCUT2D eigenvalue weighted by Crippen LogP contribution is -2.54. The Labute approximate surface area is 175 Å². The molecule has 2 aliphatic carbocycles. The number of hydrogen-bond acceptors (Lipinski definition) is 3. The van der Waals surface area contributed by atoms with Crippen molar-refractivity contribution in [2.24, 2.45) is 5.92 Å². The number of likely N-dealkylation sites (tertiary alicyclic amines) is 1. The van der Waals surface area contributed by atoms with Crippen LogP contribution in [-0.2, 0) is 10.4 Å². The van der Waals surface area contributed by atoms with Gasteiger partial charge in [-0.3, -0.25) is 9.69 Å². The van der Waals surface area contributed by atoms with E-state index in [1.54, 1.807) is 5.57 Å². The zero-order valence-corrected chi connectivity index (χ0v) is 17.6. The van der Waals surface area contributed by atoms with Gasteiger partial charge in [-0.05, 0) is 56.9 Å². The predicted molar refractivity (Wildman–Crippen MR) is 116 cm³/mol. The summed E-state index contributed by atoms with van der Waals surface area (Å²) in [7, 11) is 0. The van der Waals surface area contributed by atoms with E-state index < -0.39 is 5.60 Å². The molecule has 4 heteroatoms. The van der Waals surface area contributed by atoms with Crippen LogP contribution >= 0.6 is 0 Å². The second-order valence-electron chi connectivity index (χ2n) is 9.23. The van der Waals surface area contributed by atoms with Crippen molar-refractivity contribution < 1.29 is 9.90 Å². The Morgan fingerprint density at radius 2 is 1.69 bits per heavy atom. The molecule has 29 heavy (non-hydrogen) atoms. The first kappa shape index (κ1) is 20.6. The summed E-state index contributed by atoms with van der Waals surface area (Å²) in [6.07, 6.45) is 13.7. The maximum absolute atomic E-state index is 13.3. The van der Waals surface area contributed by atoms with Crippen LogP contribution in [-0.4, -0.2) is 41.6 Å². The average molecular weight is 397 g/mol. The average Bonchev–Trinajstić information content (AvgIpc) is 3.48. The zero-order chi connectivity index (χ0) is 20.1. The summed E-state index contributed by atoms with van der Waals surface area (Å²) in [4.78, 5) is 15.8. The van der Waals surface area contributed by atoms with E-state index in [2.05, 4.69) is 16.3 Å². The van der Waals surface area contributed by atoms with Crippen LogP contribution in [0.5, 0.6) is 0 Å². The van der Waals surface area contributed by atoms with Crippen LogP contribution in [0.3, 0.4) is 0 Å². The Morgan fingerprint density at radius 1 is 1.03 bits per heavy atom. The summed E-state index contributed by atoms with van der Waals surface area (Å²) in [5.41, 5.74) is 0.969. The third-order valence-corrected chi connectivity index (χ3v) is 7.31. The minimum Gasteiger partial charge on any atom is -0.375 e. The van der Waals surface area contributed by atoms with Gasteiger partial charge in [-0.15, -0.1) is 0 Å². The smallest absolute Gasteiger partial charge is 0.257 e. The molecule has 0 radical (unpaired) electrons. The highest BCUT2D eigenvalue weighted by atomic mass is 16.3. The molecule has 1 amide bonds. The summed E-state index contributed by atoms with van der Waals surface area (Å²) >= 11 is 0. The number of allylic oxidation sites excluding steroid dienone is 1. The molecule has 3 fully saturated rings. The van der Waals surface area contributed by atoms with E-state index in [-0.39, 0.29) is 17.9 Å². The van der Waals surface area contributed by atoms with Crippen LogP contribution in [0.25, 0.3) is 0 Å². The van der Waals surface area contributed by atoms with Gasteiger partial charge < -0.3 is 10.4 Å². The van der Waals surface area contributed by atoms with Gasteiger partial charge in [-0.2, -0.15) is 0 Å². The topological polar surface area (TPSA) is 52.6 Å². The van der Waals surface area contributed by atoms with Gasteiger partial charge in [0, 0.05) is 31.6 Å². The molecule has 2 N–H and O–H groups in total. The standard InChI is InChI=1S/C25H36N2O2/c28-24(25(29,22-12-6-7-13-22)21-10-2-1-3-11-21)26-23-15-18-27(19-16-23)17-14-20-8-4-5-9-20/h1-3,10-11,14,22-23,29H,4-9,12-13,15-19H2,(H,26,28). The number of amides is 1. The van der Waals surface area contributed by atoms with E-state index in [4.69, 9.17) is 0 Å². The van der Waals surface area contributed by atoms with Gasteiger partial charge in [0.25, 0.3) is 5.91 Å². The number of benzene rings is 1. The summed E-state index contributed by atoms with van der Waals surface area (Å²) in [5, 5.41) is 14.8. The number of carbonyl (C=O) groups is 1. The number of carbonyl (C=O) groups excluding carboxylic acids is 1. The third-order valence-electron chi connectivity index (χ3n) is 7.31. The van der Waals surface area contributed by atoms with Gasteiger partial charge in [0.15, 0.2) is 5.60 Å². The highest BCUT2D eigenvalue weighted by Gasteiger charge is 2.46. The monoisotopic (exact) mass is 396 g/mol. The molecule has 158 valence electrons. The first-order chi connectivity index (χ1) is 14.2. The van der Waals surface area contributed by atoms with Crippen molar-refractivity contribution in [2.45, 2.75) is 75.9 Å². The predicted octanol–water partition coefficient (Wildman–Crippen LogP) is 4.15. The molecule has 1 aromatic rings. The van der Waals surface area contributed by atoms with Gasteiger partial charge in [-0.1, -0.05) is 54.8 Å². The fourth-order valence-corrected chi connectivity index (χ4v) is 5.43. The van der Waals surface area contributed by atoms with Gasteiger partial charge in [0.05, 0.1) is 0 Å². The van der Waals surface area contributed by atoms with Crippen molar-refractivity contribution in [3.8, 4) is 0 Å². The molecule has 1 unspecified atom stereocenters. The van der Waals surface area contributed by atoms with Crippen molar-refractivity contribution in [2.75, 3.05) is 19.6 Å². The number of hydrogen-bond donors (Lipinski definition) is 2. The fraction of sp³-hybridized carbons (Fsp3) is 0.640. The minimum absolute atomic E-state index is 0.0167. The van der Waals surface area contributed by atoms with Crippen LogP contribution < -0.4 is 5.32 Å². The molecular formula is C25H36N2O2. The van der Waals surface area contributed by atoms with E-state index >= 15 is 0 Å². The van der Waals surface area contributed by atoms with Crippen molar-refractivity contribution in [3.63, 3.8) is 0 Å². The highest BCUT2D eigenvalue weighted by Crippen LogP contribution is 2.41. The number of nitrogens with one attached hydrogen (secondary N) is 1. The summed E-state index contributed by atoms with van der Waals surface area (Å²) < 4.78 is 0. The molecule has 3 aliphatic rings. The fourth-order valence-electron chi connectivity index (χ4n) is 5.43. The quantitative estimate of drug-likeness (QED) is 0.711. The first-order valence-corrected chi connectivity index (χ1v) is 11.7. The molecule has 0 bridgehead atoms. The Kier molecular flexibility index (Phi) is 6.71. The molecule has 0 aromatic heterocycles. The Hall–Kier alpha value is -1.65. The zero-order valence-electron chi connectivity index (χ0n) is 17.6. The number of aliphatic hydroxyl groups is 1.